The molecule has 0 radical (unpaired) electrons. The van der Waals surface area contributed by atoms with Crippen LogP contribution in [0.1, 0.15) is 72.3 Å². The molecule has 0 saturated carbocycles. The molecule has 1 aromatic heterocycles. The summed E-state index contributed by atoms with van der Waals surface area (Å²) in [7, 11) is -0.975. The fraction of sp³-hybridized carbons (Fsp3) is 0.448. The number of fused-ring (bicyclic) bond motifs is 4. The van der Waals surface area contributed by atoms with Crippen LogP contribution in [0.25, 0.3) is 6.08 Å². The van der Waals surface area contributed by atoms with Crippen molar-refractivity contribution >= 4 is 24.8 Å². The van der Waals surface area contributed by atoms with E-state index in [1.165, 1.54) is 5.57 Å². The lowest BCUT2D eigenvalue weighted by Crippen LogP contribution is -2.51. The van der Waals surface area contributed by atoms with Crippen molar-refractivity contribution in [2.24, 2.45) is 23.7 Å². The Morgan fingerprint density at radius 3 is 2.50 bits per heavy atom. The summed E-state index contributed by atoms with van der Waals surface area (Å²) in [6.07, 6.45) is 3.91. The summed E-state index contributed by atoms with van der Waals surface area (Å²) in [5.74, 6) is 0.432. The molecule has 5 rings (SSSR count). The van der Waals surface area contributed by atoms with Crippen molar-refractivity contribution < 1.29 is 28.8 Å². The molecule has 0 unspecified atom stereocenters. The van der Waals surface area contributed by atoms with Crippen molar-refractivity contribution in [3.8, 4) is 0 Å². The molecule has 1 aliphatic heterocycles. The highest BCUT2D eigenvalue weighted by Gasteiger charge is 2.53. The van der Waals surface area contributed by atoms with Crippen molar-refractivity contribution in [1.29, 1.82) is 0 Å². The molecule has 2 aromatic rings. The van der Waals surface area contributed by atoms with Crippen LogP contribution in [0, 0.1) is 23.7 Å². The van der Waals surface area contributed by atoms with Crippen LogP contribution in [-0.2, 0) is 11.3 Å². The number of carbonyl (C=O) groups is 2. The third kappa shape index (κ3) is 4.45. The maximum atomic E-state index is 13.7. The van der Waals surface area contributed by atoms with E-state index in [1.54, 1.807) is 18.2 Å². The number of hydrogen-bond acceptors (Lipinski definition) is 6. The van der Waals surface area contributed by atoms with E-state index in [0.717, 1.165) is 17.6 Å². The van der Waals surface area contributed by atoms with Gasteiger partial charge in [0.25, 0.3) is 0 Å². The molecule has 1 aromatic carbocycles. The molecule has 1 saturated heterocycles. The van der Waals surface area contributed by atoms with E-state index in [2.05, 4.69) is 13.8 Å². The molecule has 36 heavy (non-hydrogen) atoms. The van der Waals surface area contributed by atoms with Gasteiger partial charge in [-0.25, -0.2) is 0 Å². The molecule has 1 fully saturated rings. The number of rotatable bonds is 6. The maximum Gasteiger partial charge on any atom is 0.455 e. The number of furan rings is 1. The average Bonchev–Trinajstić information content (AvgIpc) is 3.32. The first kappa shape index (κ1) is 24.9. The van der Waals surface area contributed by atoms with E-state index in [1.807, 2.05) is 31.2 Å². The fourth-order valence-electron chi connectivity index (χ4n) is 6.39. The molecule has 0 amide bonds. The smallest absolute Gasteiger partial charge is 0.455 e. The lowest BCUT2D eigenvalue weighted by atomic mass is 9.53. The standard InChI is InChI=1S/C29H33BO6/c1-16(2)22-13-23-27(29(33)21-7-5-4-6-20(21)28(23)32)24-14-30(34)36-25(26(22)24)11-8-17(3)12-18-9-10-19(15-31)35-18/h4-7,9-10,12,16,23-25,27,31,34H,8,11,13-15H2,1-3H3/b17-12+/t23-,24+,25-,27-/m1/s1. The summed E-state index contributed by atoms with van der Waals surface area (Å²) in [4.78, 5) is 27.2. The highest BCUT2D eigenvalue weighted by molar-refractivity contribution is 6.43. The second kappa shape index (κ2) is 9.96. The summed E-state index contributed by atoms with van der Waals surface area (Å²) in [5.41, 5.74) is 4.44. The Hall–Kier alpha value is -2.74. The number of aliphatic hydroxyl groups excluding tert-OH is 1. The third-order valence-corrected chi connectivity index (χ3v) is 8.02. The van der Waals surface area contributed by atoms with Crippen molar-refractivity contribution in [2.75, 3.05) is 0 Å². The Kier molecular flexibility index (Phi) is 6.90. The molecule has 0 spiro atoms. The molecule has 3 aliphatic rings. The number of benzene rings is 1. The van der Waals surface area contributed by atoms with Crippen LogP contribution in [0.2, 0.25) is 6.32 Å². The summed E-state index contributed by atoms with van der Waals surface area (Å²) >= 11 is 0. The van der Waals surface area contributed by atoms with Gasteiger partial charge in [-0.1, -0.05) is 49.3 Å². The van der Waals surface area contributed by atoms with Crippen LogP contribution < -0.4 is 0 Å². The first-order valence-electron chi connectivity index (χ1n) is 12.9. The number of allylic oxidation sites excluding steroid dienone is 2. The Bertz CT molecular complexity index is 1240. The van der Waals surface area contributed by atoms with Crippen LogP contribution >= 0.6 is 0 Å². The van der Waals surface area contributed by atoms with Gasteiger partial charge in [0.05, 0.1) is 6.10 Å². The Morgan fingerprint density at radius 2 is 1.83 bits per heavy atom. The van der Waals surface area contributed by atoms with Crippen LogP contribution in [0.4, 0.5) is 0 Å². The number of carbonyl (C=O) groups excluding carboxylic acids is 2. The minimum atomic E-state index is -0.975. The van der Waals surface area contributed by atoms with E-state index >= 15 is 0 Å². The molecule has 0 bridgehead atoms. The van der Waals surface area contributed by atoms with E-state index < -0.39 is 13.0 Å². The fourth-order valence-corrected chi connectivity index (χ4v) is 6.39. The van der Waals surface area contributed by atoms with Crippen LogP contribution in [0.3, 0.4) is 0 Å². The zero-order chi connectivity index (χ0) is 25.6. The molecule has 4 atom stereocenters. The predicted molar refractivity (Wildman–Crippen MR) is 137 cm³/mol. The van der Waals surface area contributed by atoms with Gasteiger partial charge in [-0.3, -0.25) is 9.59 Å². The first-order valence-corrected chi connectivity index (χ1v) is 12.9. The second-order valence-corrected chi connectivity index (χ2v) is 10.7. The minimum absolute atomic E-state index is 0.0157. The molecule has 188 valence electrons. The molecular formula is C29H33BO6. The molecule has 7 heteroatoms. The van der Waals surface area contributed by atoms with Crippen molar-refractivity contribution in [3.05, 3.63) is 75.8 Å². The van der Waals surface area contributed by atoms with E-state index in [0.29, 0.717) is 41.8 Å². The SMILES string of the molecule is C/C(=C\c1ccc(CO)o1)CC[C@H]1OB(O)C[C@H]2C1=C(C(C)C)C[C@H]1C(=O)c3ccccc3C(=O)[C@H]12. The van der Waals surface area contributed by atoms with Crippen molar-refractivity contribution in [1.82, 2.24) is 0 Å². The lowest BCUT2D eigenvalue weighted by Gasteiger charge is -2.48. The first-order chi connectivity index (χ1) is 17.3. The zero-order valence-corrected chi connectivity index (χ0v) is 21.1. The lowest BCUT2D eigenvalue weighted by molar-refractivity contribution is 0.0593. The Labute approximate surface area is 212 Å². The molecule has 2 N–H and O–H groups in total. The topological polar surface area (TPSA) is 97.0 Å². The monoisotopic (exact) mass is 488 g/mol. The van der Waals surface area contributed by atoms with E-state index in [-0.39, 0.29) is 42.0 Å². The van der Waals surface area contributed by atoms with Crippen LogP contribution in [0.5, 0.6) is 0 Å². The summed E-state index contributed by atoms with van der Waals surface area (Å²) in [5, 5.41) is 19.9. The highest BCUT2D eigenvalue weighted by atomic mass is 16.5. The van der Waals surface area contributed by atoms with Crippen molar-refractivity contribution in [2.45, 2.75) is 59.1 Å². The van der Waals surface area contributed by atoms with Crippen LogP contribution in [-0.4, -0.2) is 34.9 Å². The van der Waals surface area contributed by atoms with E-state index in [9.17, 15) is 19.7 Å². The van der Waals surface area contributed by atoms with Gasteiger partial charge in [-0.2, -0.15) is 0 Å². The second-order valence-electron chi connectivity index (χ2n) is 10.7. The summed E-state index contributed by atoms with van der Waals surface area (Å²) in [6.45, 7) is 6.15. The highest BCUT2D eigenvalue weighted by Crippen LogP contribution is 2.52. The van der Waals surface area contributed by atoms with Crippen LogP contribution in [0.15, 0.2) is 57.5 Å². The number of hydrogen-bond donors (Lipinski definition) is 2. The normalized spacial score (nSPS) is 26.3. The van der Waals surface area contributed by atoms with Gasteiger partial charge in [0.15, 0.2) is 11.6 Å². The maximum absolute atomic E-state index is 13.7. The zero-order valence-electron chi connectivity index (χ0n) is 21.1. The van der Waals surface area contributed by atoms with Gasteiger partial charge in [-0.05, 0) is 68.1 Å². The Balaban J connectivity index is 1.46. The largest absolute Gasteiger partial charge is 0.459 e. The number of Topliss-reactive ketones (excluding diaryl/α,β-unsaturated/α-hetero) is 2. The number of ketones is 2. The number of aliphatic hydroxyl groups is 1. The van der Waals surface area contributed by atoms with Gasteiger partial charge < -0.3 is 19.2 Å². The molecule has 2 aliphatic carbocycles. The molecule has 2 heterocycles. The van der Waals surface area contributed by atoms with Gasteiger partial charge in [0.1, 0.15) is 18.1 Å². The quantitative estimate of drug-likeness (QED) is 0.433. The van der Waals surface area contributed by atoms with Crippen molar-refractivity contribution in [3.63, 3.8) is 0 Å². The van der Waals surface area contributed by atoms with Gasteiger partial charge >= 0.3 is 7.12 Å². The third-order valence-electron chi connectivity index (χ3n) is 8.02. The Morgan fingerprint density at radius 1 is 1.11 bits per heavy atom. The van der Waals surface area contributed by atoms with Gasteiger partial charge in [0, 0.05) is 23.0 Å². The van der Waals surface area contributed by atoms with Gasteiger partial charge in [-0.15, -0.1) is 0 Å². The summed E-state index contributed by atoms with van der Waals surface area (Å²) in [6, 6.07) is 10.7. The van der Waals surface area contributed by atoms with E-state index in [4.69, 9.17) is 9.07 Å². The molecule has 6 nitrogen and oxygen atoms in total. The average molecular weight is 488 g/mol. The van der Waals surface area contributed by atoms with Gasteiger partial charge in [0.2, 0.25) is 0 Å². The predicted octanol–water partition coefficient (Wildman–Crippen LogP) is 5.12. The minimum Gasteiger partial charge on any atom is -0.459 e. The molecular weight excluding hydrogens is 455 g/mol. The summed E-state index contributed by atoms with van der Waals surface area (Å²) < 4.78 is 11.7.